The van der Waals surface area contributed by atoms with Gasteiger partial charge in [-0.3, -0.25) is 9.69 Å². The maximum Gasteiger partial charge on any atom is 0.322 e. The molecular weight excluding hydrogens is 404 g/mol. The van der Waals surface area contributed by atoms with Crippen molar-refractivity contribution in [3.8, 4) is 0 Å². The fourth-order valence-corrected chi connectivity index (χ4v) is 4.13. The average molecular weight is 429 g/mol. The predicted molar refractivity (Wildman–Crippen MR) is 119 cm³/mol. The van der Waals surface area contributed by atoms with Crippen molar-refractivity contribution in [2.75, 3.05) is 41.3 Å². The van der Waals surface area contributed by atoms with Crippen LogP contribution in [0.3, 0.4) is 0 Å². The van der Waals surface area contributed by atoms with Crippen molar-refractivity contribution in [3.63, 3.8) is 0 Å². The summed E-state index contributed by atoms with van der Waals surface area (Å²) in [5.41, 5.74) is 2.77. The second-order valence-electron chi connectivity index (χ2n) is 7.71. The van der Waals surface area contributed by atoms with Gasteiger partial charge in [0.1, 0.15) is 0 Å². The lowest BCUT2D eigenvalue weighted by atomic mass is 10.1. The van der Waals surface area contributed by atoms with Crippen LogP contribution in [-0.2, 0) is 4.74 Å². The Balaban J connectivity index is 1.46. The van der Waals surface area contributed by atoms with E-state index < -0.39 is 0 Å². The number of anilines is 3. The molecule has 2 aliphatic heterocycles. The third-order valence-electron chi connectivity index (χ3n) is 5.27. The average Bonchev–Trinajstić information content (AvgIpc) is 3.14. The van der Waals surface area contributed by atoms with E-state index in [9.17, 15) is 9.59 Å². The van der Waals surface area contributed by atoms with Crippen LogP contribution in [0.15, 0.2) is 42.5 Å². The lowest BCUT2D eigenvalue weighted by Gasteiger charge is -2.36. The quantitative estimate of drug-likeness (QED) is 0.778. The largest absolute Gasteiger partial charge is 0.372 e. The van der Waals surface area contributed by atoms with Crippen LogP contribution in [0.2, 0.25) is 5.02 Å². The first-order chi connectivity index (χ1) is 14.4. The Hall–Kier alpha value is -2.77. The van der Waals surface area contributed by atoms with Crippen molar-refractivity contribution in [1.82, 2.24) is 5.32 Å². The van der Waals surface area contributed by atoms with Crippen molar-refractivity contribution in [2.24, 2.45) is 0 Å². The van der Waals surface area contributed by atoms with Gasteiger partial charge in [0.05, 0.1) is 22.9 Å². The fourth-order valence-electron chi connectivity index (χ4n) is 3.91. The number of benzene rings is 2. The summed E-state index contributed by atoms with van der Waals surface area (Å²) in [4.78, 5) is 28.5. The lowest BCUT2D eigenvalue weighted by molar-refractivity contribution is -0.00521. The number of hydrogen-bond donors (Lipinski definition) is 2. The molecule has 2 atom stereocenters. The third kappa shape index (κ3) is 4.37. The van der Waals surface area contributed by atoms with Gasteiger partial charge in [0.25, 0.3) is 5.91 Å². The highest BCUT2D eigenvalue weighted by molar-refractivity contribution is 6.34. The van der Waals surface area contributed by atoms with E-state index in [1.807, 2.05) is 24.3 Å². The molecule has 0 saturated carbocycles. The molecule has 2 aliphatic rings. The van der Waals surface area contributed by atoms with Crippen molar-refractivity contribution in [2.45, 2.75) is 26.1 Å². The molecule has 0 unspecified atom stereocenters. The van der Waals surface area contributed by atoms with Crippen LogP contribution in [0.25, 0.3) is 0 Å². The topological polar surface area (TPSA) is 73.9 Å². The molecule has 0 radical (unpaired) electrons. The molecule has 2 N–H and O–H groups in total. The molecule has 2 aromatic carbocycles. The van der Waals surface area contributed by atoms with E-state index in [2.05, 4.69) is 29.4 Å². The molecule has 8 heteroatoms. The van der Waals surface area contributed by atoms with Gasteiger partial charge in [-0.2, -0.15) is 0 Å². The van der Waals surface area contributed by atoms with Crippen LogP contribution >= 0.6 is 11.6 Å². The van der Waals surface area contributed by atoms with E-state index in [0.29, 0.717) is 35.1 Å². The Morgan fingerprint density at radius 2 is 1.83 bits per heavy atom. The Morgan fingerprint density at radius 3 is 2.47 bits per heavy atom. The molecule has 7 nitrogen and oxygen atoms in total. The predicted octanol–water partition coefficient (Wildman–Crippen LogP) is 3.74. The van der Waals surface area contributed by atoms with Gasteiger partial charge in [0.2, 0.25) is 0 Å². The van der Waals surface area contributed by atoms with Crippen molar-refractivity contribution in [1.29, 1.82) is 0 Å². The van der Waals surface area contributed by atoms with Crippen LogP contribution in [0.4, 0.5) is 21.9 Å². The summed E-state index contributed by atoms with van der Waals surface area (Å²) >= 11 is 6.25. The number of halogens is 1. The summed E-state index contributed by atoms with van der Waals surface area (Å²) in [5, 5.41) is 6.08. The van der Waals surface area contributed by atoms with Crippen molar-refractivity contribution >= 4 is 40.6 Å². The molecule has 4 rings (SSSR count). The number of nitrogens with one attached hydrogen (secondary N) is 2. The second kappa shape index (κ2) is 8.53. The van der Waals surface area contributed by atoms with Crippen LogP contribution in [-0.4, -0.2) is 50.3 Å². The SMILES string of the molecule is C[C@@H]1CN(c2ccc(NC(=O)c3ccc(Cl)c(N4CCNC4=O)c3)cc2)C[C@H](C)O1. The fraction of sp³-hybridized carbons (Fsp3) is 0.364. The molecule has 158 valence electrons. The van der Waals surface area contributed by atoms with Gasteiger partial charge in [-0.05, 0) is 56.3 Å². The van der Waals surface area contributed by atoms with E-state index in [4.69, 9.17) is 16.3 Å². The Bertz CT molecular complexity index is 940. The molecule has 2 heterocycles. The number of ether oxygens (including phenoxy) is 1. The molecule has 2 aromatic rings. The number of carbonyl (C=O) groups is 2. The van der Waals surface area contributed by atoms with Crippen LogP contribution < -0.4 is 20.4 Å². The van der Waals surface area contributed by atoms with Gasteiger partial charge in [0, 0.05) is 43.1 Å². The van der Waals surface area contributed by atoms with Crippen LogP contribution in [0.5, 0.6) is 0 Å². The number of urea groups is 1. The van der Waals surface area contributed by atoms with E-state index in [0.717, 1.165) is 18.8 Å². The van der Waals surface area contributed by atoms with Crippen LogP contribution in [0, 0.1) is 0 Å². The molecule has 2 saturated heterocycles. The number of amides is 3. The van der Waals surface area contributed by atoms with Gasteiger partial charge in [0.15, 0.2) is 0 Å². The summed E-state index contributed by atoms with van der Waals surface area (Å²) in [7, 11) is 0. The summed E-state index contributed by atoms with van der Waals surface area (Å²) < 4.78 is 5.79. The molecule has 0 spiro atoms. The number of rotatable bonds is 4. The zero-order valence-electron chi connectivity index (χ0n) is 17.0. The van der Waals surface area contributed by atoms with E-state index in [-0.39, 0.29) is 24.1 Å². The number of nitrogens with zero attached hydrogens (tertiary/aromatic N) is 2. The van der Waals surface area contributed by atoms with Gasteiger partial charge >= 0.3 is 6.03 Å². The lowest BCUT2D eigenvalue weighted by Crippen LogP contribution is -2.45. The van der Waals surface area contributed by atoms with E-state index >= 15 is 0 Å². The number of hydrogen-bond acceptors (Lipinski definition) is 4. The number of carbonyl (C=O) groups excluding carboxylic acids is 2. The molecule has 3 amide bonds. The summed E-state index contributed by atoms with van der Waals surface area (Å²) in [6.45, 7) is 6.90. The Labute approximate surface area is 180 Å². The minimum absolute atomic E-state index is 0.185. The maximum atomic E-state index is 12.7. The molecule has 30 heavy (non-hydrogen) atoms. The summed E-state index contributed by atoms with van der Waals surface area (Å²) in [6.07, 6.45) is 0.370. The second-order valence-corrected chi connectivity index (χ2v) is 8.12. The number of morpholine rings is 1. The van der Waals surface area contributed by atoms with Gasteiger partial charge in [-0.15, -0.1) is 0 Å². The Morgan fingerprint density at radius 1 is 1.13 bits per heavy atom. The minimum Gasteiger partial charge on any atom is -0.372 e. The van der Waals surface area contributed by atoms with Gasteiger partial charge in [-0.25, -0.2) is 4.79 Å². The molecule has 0 bridgehead atoms. The third-order valence-corrected chi connectivity index (χ3v) is 5.59. The first-order valence-corrected chi connectivity index (χ1v) is 10.5. The minimum atomic E-state index is -0.256. The van der Waals surface area contributed by atoms with Crippen LogP contribution in [0.1, 0.15) is 24.2 Å². The monoisotopic (exact) mass is 428 g/mol. The highest BCUT2D eigenvalue weighted by atomic mass is 35.5. The first-order valence-electron chi connectivity index (χ1n) is 10.1. The zero-order chi connectivity index (χ0) is 21.3. The smallest absolute Gasteiger partial charge is 0.322 e. The molecule has 0 aromatic heterocycles. The molecule has 2 fully saturated rings. The normalized spacial score (nSPS) is 21.5. The highest BCUT2D eigenvalue weighted by Crippen LogP contribution is 2.29. The zero-order valence-corrected chi connectivity index (χ0v) is 17.8. The molecular formula is C22H25ClN4O3. The highest BCUT2D eigenvalue weighted by Gasteiger charge is 2.25. The van der Waals surface area contributed by atoms with E-state index in [1.165, 1.54) is 4.90 Å². The summed E-state index contributed by atoms with van der Waals surface area (Å²) in [5.74, 6) is -0.256. The maximum absolute atomic E-state index is 12.7. The van der Waals surface area contributed by atoms with Gasteiger partial charge < -0.3 is 20.3 Å². The first kappa shape index (κ1) is 20.5. The van der Waals surface area contributed by atoms with Gasteiger partial charge in [-0.1, -0.05) is 11.6 Å². The summed E-state index contributed by atoms with van der Waals surface area (Å²) in [6, 6.07) is 12.5. The standard InChI is InChI=1S/C22H25ClN4O3/c1-14-12-26(13-15(2)30-14)18-6-4-17(5-7-18)25-21(28)16-3-8-19(23)20(11-16)27-10-9-24-22(27)29/h3-8,11,14-15H,9-10,12-13H2,1-2H3,(H,24,29)(H,25,28)/t14-,15+. The van der Waals surface area contributed by atoms with E-state index in [1.54, 1.807) is 18.2 Å². The Kier molecular flexibility index (Phi) is 5.83. The van der Waals surface area contributed by atoms with Crippen molar-refractivity contribution < 1.29 is 14.3 Å². The van der Waals surface area contributed by atoms with Crippen molar-refractivity contribution in [3.05, 3.63) is 53.1 Å². The molecule has 0 aliphatic carbocycles.